The number of rotatable bonds is 7. The lowest BCUT2D eigenvalue weighted by atomic mass is 9.88. The van der Waals surface area contributed by atoms with Gasteiger partial charge in [0.15, 0.2) is 0 Å². The molecule has 4 nitrogen and oxygen atoms in total. The molecule has 0 spiro atoms. The van der Waals surface area contributed by atoms with E-state index in [-0.39, 0.29) is 5.41 Å². The summed E-state index contributed by atoms with van der Waals surface area (Å²) in [5.74, 6) is 0.0130. The van der Waals surface area contributed by atoms with E-state index in [0.29, 0.717) is 13.0 Å². The van der Waals surface area contributed by atoms with Crippen molar-refractivity contribution in [1.29, 1.82) is 0 Å². The van der Waals surface area contributed by atoms with Gasteiger partial charge in [-0.1, -0.05) is 32.9 Å². The first-order valence-corrected chi connectivity index (χ1v) is 6.91. The van der Waals surface area contributed by atoms with Gasteiger partial charge in [-0.05, 0) is 36.0 Å². The van der Waals surface area contributed by atoms with E-state index in [9.17, 15) is 9.90 Å². The van der Waals surface area contributed by atoms with Crippen LogP contribution in [0.3, 0.4) is 0 Å². The average Bonchev–Trinajstić information content (AvgIpc) is 2.37. The van der Waals surface area contributed by atoms with Gasteiger partial charge in [0.2, 0.25) is 0 Å². The molecule has 0 saturated heterocycles. The minimum Gasteiger partial charge on any atom is -0.497 e. The van der Waals surface area contributed by atoms with Crippen LogP contribution >= 0.6 is 0 Å². The zero-order valence-electron chi connectivity index (χ0n) is 12.8. The first-order chi connectivity index (χ1) is 9.31. The van der Waals surface area contributed by atoms with Crippen molar-refractivity contribution in [3.05, 3.63) is 29.8 Å². The van der Waals surface area contributed by atoms with Gasteiger partial charge in [0, 0.05) is 6.54 Å². The number of benzene rings is 1. The molecule has 4 heteroatoms. The van der Waals surface area contributed by atoms with Crippen LogP contribution in [0.2, 0.25) is 0 Å². The summed E-state index contributed by atoms with van der Waals surface area (Å²) in [6.45, 7) is 6.91. The Morgan fingerprint density at radius 1 is 1.30 bits per heavy atom. The van der Waals surface area contributed by atoms with E-state index in [1.807, 2.05) is 24.3 Å². The fourth-order valence-electron chi connectivity index (χ4n) is 1.87. The summed E-state index contributed by atoms with van der Waals surface area (Å²) in [6.07, 6.45) is 1.51. The summed E-state index contributed by atoms with van der Waals surface area (Å²) < 4.78 is 5.09. The summed E-state index contributed by atoms with van der Waals surface area (Å²) >= 11 is 0. The highest BCUT2D eigenvalue weighted by Crippen LogP contribution is 2.21. The van der Waals surface area contributed by atoms with Gasteiger partial charge in [-0.3, -0.25) is 4.79 Å². The van der Waals surface area contributed by atoms with Gasteiger partial charge in [-0.2, -0.15) is 0 Å². The molecule has 0 fully saturated rings. The number of methoxy groups -OCH3 is 1. The molecule has 0 bridgehead atoms. The second-order valence-corrected chi connectivity index (χ2v) is 6.22. The first kappa shape index (κ1) is 16.5. The van der Waals surface area contributed by atoms with E-state index in [1.54, 1.807) is 7.11 Å². The maximum Gasteiger partial charge on any atom is 0.320 e. The molecule has 0 radical (unpaired) electrons. The third-order valence-electron chi connectivity index (χ3n) is 3.19. The molecule has 0 aliphatic rings. The molecular formula is C16H25NO3. The van der Waals surface area contributed by atoms with E-state index in [0.717, 1.165) is 17.7 Å². The molecule has 0 aliphatic carbocycles. The van der Waals surface area contributed by atoms with Crippen molar-refractivity contribution < 1.29 is 14.6 Å². The van der Waals surface area contributed by atoms with Gasteiger partial charge in [0.05, 0.1) is 7.11 Å². The number of carboxylic acids is 1. The number of hydrogen-bond acceptors (Lipinski definition) is 3. The van der Waals surface area contributed by atoms with Crippen LogP contribution in [-0.4, -0.2) is 24.2 Å². The Balaban J connectivity index is 2.51. The molecule has 20 heavy (non-hydrogen) atoms. The third kappa shape index (κ3) is 6.06. The lowest BCUT2D eigenvalue weighted by molar-refractivity contribution is -0.139. The lowest BCUT2D eigenvalue weighted by Gasteiger charge is -2.21. The molecule has 2 N–H and O–H groups in total. The monoisotopic (exact) mass is 279 g/mol. The molecule has 1 atom stereocenters. The van der Waals surface area contributed by atoms with Crippen LogP contribution in [-0.2, 0) is 11.3 Å². The number of carboxylic acid groups (broad SMARTS) is 1. The van der Waals surface area contributed by atoms with Crippen molar-refractivity contribution in [2.75, 3.05) is 7.11 Å². The Kier molecular flexibility index (Phi) is 6.02. The van der Waals surface area contributed by atoms with Crippen molar-refractivity contribution in [2.24, 2.45) is 5.41 Å². The summed E-state index contributed by atoms with van der Waals surface area (Å²) in [5, 5.41) is 12.4. The number of carbonyl (C=O) groups is 1. The number of aliphatic carboxylic acids is 1. The van der Waals surface area contributed by atoms with Gasteiger partial charge < -0.3 is 15.2 Å². The van der Waals surface area contributed by atoms with Crippen molar-refractivity contribution in [3.8, 4) is 5.75 Å². The minimum absolute atomic E-state index is 0.148. The Labute approximate surface area is 121 Å². The van der Waals surface area contributed by atoms with Crippen LogP contribution in [0.1, 0.15) is 39.2 Å². The smallest absolute Gasteiger partial charge is 0.320 e. The molecule has 1 aromatic carbocycles. The second kappa shape index (κ2) is 7.29. The number of nitrogens with one attached hydrogen (secondary N) is 1. The van der Waals surface area contributed by atoms with Gasteiger partial charge in [0.1, 0.15) is 11.8 Å². The SMILES string of the molecule is COc1ccc(CN[C@@H](CCC(C)(C)C)C(=O)O)cc1. The van der Waals surface area contributed by atoms with Gasteiger partial charge in [0.25, 0.3) is 0 Å². The van der Waals surface area contributed by atoms with Crippen LogP contribution in [0, 0.1) is 5.41 Å². The molecule has 0 aliphatic heterocycles. The molecule has 0 aromatic heterocycles. The maximum atomic E-state index is 11.3. The summed E-state index contributed by atoms with van der Waals surface area (Å²) in [4.78, 5) is 11.3. The zero-order valence-corrected chi connectivity index (χ0v) is 12.8. The molecule has 0 amide bonds. The molecule has 0 saturated carbocycles. The molecular weight excluding hydrogens is 254 g/mol. The predicted molar refractivity (Wildman–Crippen MR) is 79.9 cm³/mol. The fraction of sp³-hybridized carbons (Fsp3) is 0.562. The lowest BCUT2D eigenvalue weighted by Crippen LogP contribution is -2.36. The van der Waals surface area contributed by atoms with E-state index < -0.39 is 12.0 Å². The standard InChI is InChI=1S/C16H25NO3/c1-16(2,3)10-9-14(15(18)19)17-11-12-5-7-13(20-4)8-6-12/h5-8,14,17H,9-11H2,1-4H3,(H,18,19)/t14-/m0/s1. The Hall–Kier alpha value is -1.55. The first-order valence-electron chi connectivity index (χ1n) is 6.91. The zero-order chi connectivity index (χ0) is 15.2. The summed E-state index contributed by atoms with van der Waals surface area (Å²) in [5.41, 5.74) is 1.20. The van der Waals surface area contributed by atoms with E-state index in [2.05, 4.69) is 26.1 Å². The highest BCUT2D eigenvalue weighted by atomic mass is 16.5. The predicted octanol–water partition coefficient (Wildman–Crippen LogP) is 3.06. The molecule has 1 rings (SSSR count). The van der Waals surface area contributed by atoms with Crippen molar-refractivity contribution in [1.82, 2.24) is 5.32 Å². The van der Waals surface area contributed by atoms with Crippen LogP contribution in [0.15, 0.2) is 24.3 Å². The number of hydrogen-bond donors (Lipinski definition) is 2. The number of ether oxygens (including phenoxy) is 1. The average molecular weight is 279 g/mol. The summed E-state index contributed by atoms with van der Waals surface area (Å²) in [7, 11) is 1.63. The second-order valence-electron chi connectivity index (χ2n) is 6.22. The third-order valence-corrected chi connectivity index (χ3v) is 3.19. The summed E-state index contributed by atoms with van der Waals surface area (Å²) in [6, 6.07) is 7.13. The van der Waals surface area contributed by atoms with Crippen molar-refractivity contribution in [3.63, 3.8) is 0 Å². The molecule has 0 unspecified atom stereocenters. The topological polar surface area (TPSA) is 58.6 Å². The Morgan fingerprint density at radius 2 is 1.90 bits per heavy atom. The van der Waals surface area contributed by atoms with E-state index in [1.165, 1.54) is 0 Å². The quantitative estimate of drug-likeness (QED) is 0.805. The van der Waals surface area contributed by atoms with Gasteiger partial charge in [-0.25, -0.2) is 0 Å². The van der Waals surface area contributed by atoms with Crippen molar-refractivity contribution in [2.45, 2.75) is 46.2 Å². The molecule has 112 valence electrons. The van der Waals surface area contributed by atoms with Crippen LogP contribution in [0.5, 0.6) is 5.75 Å². The Bertz CT molecular complexity index is 420. The Morgan fingerprint density at radius 3 is 2.35 bits per heavy atom. The fourth-order valence-corrected chi connectivity index (χ4v) is 1.87. The van der Waals surface area contributed by atoms with Gasteiger partial charge in [-0.15, -0.1) is 0 Å². The normalized spacial score (nSPS) is 13.0. The molecule has 0 heterocycles. The van der Waals surface area contributed by atoms with Crippen LogP contribution in [0.25, 0.3) is 0 Å². The van der Waals surface area contributed by atoms with E-state index in [4.69, 9.17) is 4.74 Å². The maximum absolute atomic E-state index is 11.3. The van der Waals surface area contributed by atoms with Crippen molar-refractivity contribution >= 4 is 5.97 Å². The van der Waals surface area contributed by atoms with Crippen LogP contribution in [0.4, 0.5) is 0 Å². The van der Waals surface area contributed by atoms with Crippen LogP contribution < -0.4 is 10.1 Å². The largest absolute Gasteiger partial charge is 0.497 e. The minimum atomic E-state index is -0.789. The highest BCUT2D eigenvalue weighted by molar-refractivity contribution is 5.73. The molecule has 1 aromatic rings. The van der Waals surface area contributed by atoms with Gasteiger partial charge >= 0.3 is 5.97 Å². The highest BCUT2D eigenvalue weighted by Gasteiger charge is 2.20. The van der Waals surface area contributed by atoms with E-state index >= 15 is 0 Å².